The lowest BCUT2D eigenvalue weighted by Gasteiger charge is -2.25. The minimum Gasteiger partial charge on any atom is -0.444 e. The number of rotatable bonds is 0. The monoisotopic (exact) mass is 239 g/mol. The number of ether oxygens (including phenoxy) is 1. The van der Waals surface area contributed by atoms with Crippen LogP contribution in [0.15, 0.2) is 0 Å². The molecule has 0 aromatic heterocycles. The molecule has 0 aromatic carbocycles. The molecule has 0 radical (unpaired) electrons. The van der Waals surface area contributed by atoms with Crippen LogP contribution < -0.4 is 0 Å². The minimum atomic E-state index is -0.494. The van der Waals surface area contributed by atoms with Crippen LogP contribution in [0.2, 0.25) is 0 Å². The fraction of sp³-hybridized carbons (Fsp3) is 0.846. The molecule has 1 aliphatic heterocycles. The first-order valence-corrected chi connectivity index (χ1v) is 6.34. The van der Waals surface area contributed by atoms with Crippen molar-refractivity contribution in [3.8, 4) is 0 Å². The molecule has 96 valence electrons. The molecule has 0 unspecified atom stereocenters. The van der Waals surface area contributed by atoms with E-state index in [4.69, 9.17) is 4.74 Å². The van der Waals surface area contributed by atoms with Gasteiger partial charge in [-0.2, -0.15) is 0 Å². The van der Waals surface area contributed by atoms with Crippen LogP contribution in [0, 0.1) is 5.41 Å². The highest BCUT2D eigenvalue weighted by Crippen LogP contribution is 2.43. The van der Waals surface area contributed by atoms with Crippen LogP contribution in [0.25, 0.3) is 0 Å². The smallest absolute Gasteiger partial charge is 0.410 e. The van der Waals surface area contributed by atoms with Gasteiger partial charge >= 0.3 is 6.09 Å². The van der Waals surface area contributed by atoms with E-state index in [1.165, 1.54) is 0 Å². The Balaban J connectivity index is 2.01. The Labute approximate surface area is 102 Å². The quantitative estimate of drug-likeness (QED) is 0.652. The second-order valence-corrected chi connectivity index (χ2v) is 6.25. The maximum atomic E-state index is 12.0. The fourth-order valence-electron chi connectivity index (χ4n) is 2.79. The van der Waals surface area contributed by atoms with Gasteiger partial charge in [0.1, 0.15) is 5.60 Å². The van der Waals surface area contributed by atoms with Crippen molar-refractivity contribution in [2.45, 2.75) is 52.1 Å². The summed E-state index contributed by atoms with van der Waals surface area (Å²) in [4.78, 5) is 25.5. The lowest BCUT2D eigenvalue weighted by atomic mass is 9.84. The number of hydrogen-bond acceptors (Lipinski definition) is 3. The summed E-state index contributed by atoms with van der Waals surface area (Å²) in [7, 11) is 0. The van der Waals surface area contributed by atoms with E-state index in [9.17, 15) is 9.59 Å². The van der Waals surface area contributed by atoms with Gasteiger partial charge in [-0.1, -0.05) is 12.8 Å². The first-order valence-electron chi connectivity index (χ1n) is 6.34. The van der Waals surface area contributed by atoms with Gasteiger partial charge in [0.25, 0.3) is 0 Å². The van der Waals surface area contributed by atoms with E-state index in [2.05, 4.69) is 0 Å². The Hall–Kier alpha value is -1.06. The first-order chi connectivity index (χ1) is 7.82. The largest absolute Gasteiger partial charge is 0.444 e. The van der Waals surface area contributed by atoms with Crippen LogP contribution in [0.4, 0.5) is 4.79 Å². The van der Waals surface area contributed by atoms with Gasteiger partial charge in [-0.15, -0.1) is 0 Å². The Morgan fingerprint density at radius 1 is 1.29 bits per heavy atom. The van der Waals surface area contributed by atoms with Crippen molar-refractivity contribution >= 4 is 11.9 Å². The molecule has 4 heteroatoms. The highest BCUT2D eigenvalue weighted by atomic mass is 16.6. The molecule has 1 aliphatic carbocycles. The Morgan fingerprint density at radius 2 is 1.88 bits per heavy atom. The van der Waals surface area contributed by atoms with Gasteiger partial charge in [-0.05, 0) is 33.6 Å². The number of ketones is 1. The molecule has 0 bridgehead atoms. The molecule has 0 aromatic rings. The first kappa shape index (κ1) is 12.4. The summed E-state index contributed by atoms with van der Waals surface area (Å²) in [5.74, 6) is 0.223. The van der Waals surface area contributed by atoms with Crippen LogP contribution in [-0.4, -0.2) is 35.5 Å². The molecule has 0 atom stereocenters. The summed E-state index contributed by atoms with van der Waals surface area (Å²) in [5, 5.41) is 0. The van der Waals surface area contributed by atoms with Crippen molar-refractivity contribution < 1.29 is 14.3 Å². The van der Waals surface area contributed by atoms with E-state index < -0.39 is 5.60 Å². The molecule has 4 nitrogen and oxygen atoms in total. The van der Waals surface area contributed by atoms with E-state index in [1.54, 1.807) is 4.90 Å². The topological polar surface area (TPSA) is 46.6 Å². The van der Waals surface area contributed by atoms with Gasteiger partial charge in [0.2, 0.25) is 0 Å². The van der Waals surface area contributed by atoms with Crippen LogP contribution in [0.3, 0.4) is 0 Å². The average Bonchev–Trinajstić information content (AvgIpc) is 2.74. The lowest BCUT2D eigenvalue weighted by molar-refractivity contribution is -0.124. The SMILES string of the molecule is CC(C)(C)OC(=O)N1CC(=O)C2(CCCC2)C1. The molecule has 1 heterocycles. The highest BCUT2D eigenvalue weighted by molar-refractivity contribution is 5.92. The molecular formula is C13H21NO3. The summed E-state index contributed by atoms with van der Waals surface area (Å²) in [6, 6.07) is 0. The van der Waals surface area contributed by atoms with Crippen molar-refractivity contribution in [3.05, 3.63) is 0 Å². The van der Waals surface area contributed by atoms with Crippen molar-refractivity contribution in [2.24, 2.45) is 5.41 Å². The van der Waals surface area contributed by atoms with Crippen LogP contribution in [0.5, 0.6) is 0 Å². The number of carbonyl (C=O) groups excluding carboxylic acids is 2. The Bertz CT molecular complexity index is 337. The number of nitrogens with zero attached hydrogens (tertiary/aromatic N) is 1. The van der Waals surface area contributed by atoms with Gasteiger partial charge in [-0.3, -0.25) is 9.69 Å². The molecule has 1 saturated heterocycles. The minimum absolute atomic E-state index is 0.223. The predicted octanol–water partition coefficient (Wildman–Crippen LogP) is 2.37. The second kappa shape index (κ2) is 4.00. The number of amides is 1. The van der Waals surface area contributed by atoms with E-state index in [0.29, 0.717) is 6.54 Å². The van der Waals surface area contributed by atoms with Crippen molar-refractivity contribution in [2.75, 3.05) is 13.1 Å². The van der Waals surface area contributed by atoms with E-state index in [-0.39, 0.29) is 23.8 Å². The number of Topliss-reactive ketones (excluding diaryl/α,β-unsaturated/α-hetero) is 1. The molecule has 17 heavy (non-hydrogen) atoms. The third-order valence-electron chi connectivity index (χ3n) is 3.63. The fourth-order valence-corrected chi connectivity index (χ4v) is 2.79. The summed E-state index contributed by atoms with van der Waals surface area (Å²) >= 11 is 0. The maximum Gasteiger partial charge on any atom is 0.410 e. The molecule has 2 rings (SSSR count). The Kier molecular flexibility index (Phi) is 2.92. The lowest BCUT2D eigenvalue weighted by Crippen LogP contribution is -2.36. The predicted molar refractivity (Wildman–Crippen MR) is 63.7 cm³/mol. The van der Waals surface area contributed by atoms with Crippen molar-refractivity contribution in [3.63, 3.8) is 0 Å². The third kappa shape index (κ3) is 2.45. The average molecular weight is 239 g/mol. The summed E-state index contributed by atoms with van der Waals surface area (Å²) in [6.07, 6.45) is 3.73. The molecule has 2 aliphatic rings. The summed E-state index contributed by atoms with van der Waals surface area (Å²) in [6.45, 7) is 6.31. The molecule has 1 amide bonds. The highest BCUT2D eigenvalue weighted by Gasteiger charge is 2.49. The third-order valence-corrected chi connectivity index (χ3v) is 3.63. The van der Waals surface area contributed by atoms with Gasteiger partial charge < -0.3 is 4.74 Å². The summed E-state index contributed by atoms with van der Waals surface area (Å²) < 4.78 is 5.31. The maximum absolute atomic E-state index is 12.0. The summed E-state index contributed by atoms with van der Waals surface area (Å²) in [5.41, 5.74) is -0.734. The van der Waals surface area contributed by atoms with Crippen LogP contribution in [-0.2, 0) is 9.53 Å². The van der Waals surface area contributed by atoms with E-state index in [0.717, 1.165) is 25.7 Å². The number of carbonyl (C=O) groups is 2. The number of likely N-dealkylation sites (tertiary alicyclic amines) is 1. The van der Waals surface area contributed by atoms with Crippen molar-refractivity contribution in [1.29, 1.82) is 0 Å². The van der Waals surface area contributed by atoms with Gasteiger partial charge in [0, 0.05) is 12.0 Å². The van der Waals surface area contributed by atoms with E-state index in [1.807, 2.05) is 20.8 Å². The normalized spacial score (nSPS) is 23.5. The molecule has 1 saturated carbocycles. The number of hydrogen-bond donors (Lipinski definition) is 0. The molecular weight excluding hydrogens is 218 g/mol. The zero-order chi connectivity index (χ0) is 12.7. The molecule has 2 fully saturated rings. The zero-order valence-electron chi connectivity index (χ0n) is 10.9. The van der Waals surface area contributed by atoms with E-state index >= 15 is 0 Å². The molecule has 0 N–H and O–H groups in total. The van der Waals surface area contributed by atoms with Gasteiger partial charge in [-0.25, -0.2) is 4.79 Å². The van der Waals surface area contributed by atoms with Crippen LogP contribution in [0.1, 0.15) is 46.5 Å². The van der Waals surface area contributed by atoms with Crippen LogP contribution >= 0.6 is 0 Å². The molecule has 1 spiro atoms. The van der Waals surface area contributed by atoms with Crippen molar-refractivity contribution in [1.82, 2.24) is 4.90 Å². The zero-order valence-corrected chi connectivity index (χ0v) is 10.9. The Morgan fingerprint density at radius 3 is 2.41 bits per heavy atom. The second-order valence-electron chi connectivity index (χ2n) is 6.25. The van der Waals surface area contributed by atoms with Gasteiger partial charge in [0.15, 0.2) is 5.78 Å². The van der Waals surface area contributed by atoms with Gasteiger partial charge in [0.05, 0.1) is 6.54 Å². The standard InChI is InChI=1S/C13H21NO3/c1-12(2,3)17-11(16)14-8-10(15)13(9-14)6-4-5-7-13/h4-9H2,1-3H3.